The number of carbonyl (C=O) groups is 2. The minimum Gasteiger partial charge on any atom is -0.461 e. The summed E-state index contributed by atoms with van der Waals surface area (Å²) in [6.45, 7) is 11.1. The third-order valence-corrected chi connectivity index (χ3v) is 2.84. The van der Waals surface area contributed by atoms with Gasteiger partial charge in [0.05, 0.1) is 5.41 Å². The third kappa shape index (κ3) is 3.22. The molecule has 0 aromatic carbocycles. The second-order valence-electron chi connectivity index (χ2n) is 4.98. The highest BCUT2D eigenvalue weighted by Gasteiger charge is 2.45. The van der Waals surface area contributed by atoms with Gasteiger partial charge in [-0.25, -0.2) is 0 Å². The standard InChI is InChI=1S/C11H21NO3/c1-8(2)12-9(14)10(3,4)11(5,6)15-7-13/h7-8H,1-6H3,(H,12,14). The van der Waals surface area contributed by atoms with Gasteiger partial charge in [-0.1, -0.05) is 0 Å². The fraction of sp³-hybridized carbons (Fsp3) is 0.818. The van der Waals surface area contributed by atoms with E-state index < -0.39 is 11.0 Å². The van der Waals surface area contributed by atoms with Crippen molar-refractivity contribution < 1.29 is 14.3 Å². The first-order valence-corrected chi connectivity index (χ1v) is 5.07. The van der Waals surface area contributed by atoms with Crippen molar-refractivity contribution >= 4 is 12.4 Å². The topological polar surface area (TPSA) is 55.4 Å². The Labute approximate surface area is 91.4 Å². The Morgan fingerprint density at radius 3 is 2.07 bits per heavy atom. The molecule has 0 rings (SSSR count). The largest absolute Gasteiger partial charge is 0.461 e. The Hall–Kier alpha value is -1.06. The molecule has 0 atom stereocenters. The van der Waals surface area contributed by atoms with Gasteiger partial charge in [-0.3, -0.25) is 9.59 Å². The summed E-state index contributed by atoms with van der Waals surface area (Å²) >= 11 is 0. The maximum atomic E-state index is 11.9. The van der Waals surface area contributed by atoms with E-state index in [-0.39, 0.29) is 11.9 Å². The van der Waals surface area contributed by atoms with Crippen molar-refractivity contribution in [2.24, 2.45) is 5.41 Å². The first-order chi connectivity index (χ1) is 6.65. The Morgan fingerprint density at radius 1 is 1.27 bits per heavy atom. The molecular formula is C11H21NO3. The minimum atomic E-state index is -0.826. The van der Waals surface area contributed by atoms with Crippen LogP contribution in [0.1, 0.15) is 41.5 Å². The van der Waals surface area contributed by atoms with Crippen LogP contribution in [0, 0.1) is 5.41 Å². The van der Waals surface area contributed by atoms with Crippen molar-refractivity contribution in [2.45, 2.75) is 53.2 Å². The van der Waals surface area contributed by atoms with Crippen LogP contribution in [-0.4, -0.2) is 24.0 Å². The number of rotatable bonds is 5. The van der Waals surface area contributed by atoms with E-state index in [1.165, 1.54) is 0 Å². The van der Waals surface area contributed by atoms with Gasteiger partial charge in [-0.05, 0) is 41.5 Å². The molecule has 0 aliphatic rings. The third-order valence-electron chi connectivity index (χ3n) is 2.84. The molecule has 0 aliphatic carbocycles. The summed E-state index contributed by atoms with van der Waals surface area (Å²) in [7, 11) is 0. The van der Waals surface area contributed by atoms with Gasteiger partial charge >= 0.3 is 0 Å². The van der Waals surface area contributed by atoms with Gasteiger partial charge in [0.2, 0.25) is 5.91 Å². The van der Waals surface area contributed by atoms with E-state index in [4.69, 9.17) is 4.74 Å². The van der Waals surface area contributed by atoms with E-state index in [9.17, 15) is 9.59 Å². The summed E-state index contributed by atoms with van der Waals surface area (Å²) < 4.78 is 4.96. The molecule has 88 valence electrons. The van der Waals surface area contributed by atoms with Gasteiger partial charge in [-0.2, -0.15) is 0 Å². The maximum Gasteiger partial charge on any atom is 0.293 e. The van der Waals surface area contributed by atoms with Gasteiger partial charge < -0.3 is 10.1 Å². The van der Waals surface area contributed by atoms with Gasteiger partial charge in [-0.15, -0.1) is 0 Å². The molecule has 0 aromatic heterocycles. The lowest BCUT2D eigenvalue weighted by Crippen LogP contribution is -2.53. The van der Waals surface area contributed by atoms with Crippen LogP contribution in [0.2, 0.25) is 0 Å². The summed E-state index contributed by atoms with van der Waals surface area (Å²) in [4.78, 5) is 22.2. The molecule has 0 radical (unpaired) electrons. The summed E-state index contributed by atoms with van der Waals surface area (Å²) in [5, 5.41) is 2.81. The summed E-state index contributed by atoms with van der Waals surface area (Å²) in [6.07, 6.45) is 0. The fourth-order valence-corrected chi connectivity index (χ4v) is 0.984. The molecule has 0 unspecified atom stereocenters. The molecule has 0 aromatic rings. The van der Waals surface area contributed by atoms with E-state index in [2.05, 4.69) is 5.32 Å². The number of hydrogen-bond acceptors (Lipinski definition) is 3. The van der Waals surface area contributed by atoms with Gasteiger partial charge in [0.15, 0.2) is 0 Å². The van der Waals surface area contributed by atoms with E-state index in [0.717, 1.165) is 0 Å². The lowest BCUT2D eigenvalue weighted by Gasteiger charge is -2.38. The van der Waals surface area contributed by atoms with Crippen molar-refractivity contribution in [3.63, 3.8) is 0 Å². The molecule has 4 nitrogen and oxygen atoms in total. The lowest BCUT2D eigenvalue weighted by atomic mass is 9.76. The van der Waals surface area contributed by atoms with Crippen molar-refractivity contribution in [1.82, 2.24) is 5.32 Å². The summed E-state index contributed by atoms with van der Waals surface area (Å²) in [5.41, 5.74) is -1.59. The van der Waals surface area contributed by atoms with E-state index in [0.29, 0.717) is 6.47 Å². The highest BCUT2D eigenvalue weighted by atomic mass is 16.5. The molecular weight excluding hydrogens is 194 g/mol. The predicted octanol–water partition coefficient (Wildman–Crippen LogP) is 1.49. The Kier molecular flexibility index (Phi) is 4.31. The maximum absolute atomic E-state index is 11.9. The van der Waals surface area contributed by atoms with Gasteiger partial charge in [0, 0.05) is 6.04 Å². The SMILES string of the molecule is CC(C)NC(=O)C(C)(C)C(C)(C)OC=O. The minimum absolute atomic E-state index is 0.0730. The number of carbonyl (C=O) groups excluding carboxylic acids is 2. The number of hydrogen-bond donors (Lipinski definition) is 1. The van der Waals surface area contributed by atoms with Crippen molar-refractivity contribution in [3.05, 3.63) is 0 Å². The first kappa shape index (κ1) is 13.9. The van der Waals surface area contributed by atoms with Crippen LogP contribution in [0.25, 0.3) is 0 Å². The monoisotopic (exact) mass is 215 g/mol. The zero-order chi connectivity index (χ0) is 12.3. The summed E-state index contributed by atoms with van der Waals surface area (Å²) in [5.74, 6) is -0.121. The van der Waals surface area contributed by atoms with E-state index >= 15 is 0 Å². The molecule has 0 saturated heterocycles. The second kappa shape index (κ2) is 4.64. The fourth-order valence-electron chi connectivity index (χ4n) is 0.984. The zero-order valence-corrected chi connectivity index (χ0v) is 10.4. The number of nitrogens with one attached hydrogen (secondary N) is 1. The molecule has 4 heteroatoms. The number of ether oxygens (including phenoxy) is 1. The van der Waals surface area contributed by atoms with Crippen molar-refractivity contribution in [1.29, 1.82) is 0 Å². The van der Waals surface area contributed by atoms with Crippen LogP contribution in [0.4, 0.5) is 0 Å². The van der Waals surface area contributed by atoms with E-state index in [1.807, 2.05) is 13.8 Å². The smallest absolute Gasteiger partial charge is 0.293 e. The Balaban J connectivity index is 4.78. The van der Waals surface area contributed by atoms with E-state index in [1.54, 1.807) is 27.7 Å². The van der Waals surface area contributed by atoms with Crippen LogP contribution in [0.15, 0.2) is 0 Å². The van der Waals surface area contributed by atoms with Crippen LogP contribution >= 0.6 is 0 Å². The quantitative estimate of drug-likeness (QED) is 0.707. The average Bonchev–Trinajstić information content (AvgIpc) is 2.02. The normalized spacial score (nSPS) is 12.5. The van der Waals surface area contributed by atoms with Crippen LogP contribution in [0.5, 0.6) is 0 Å². The van der Waals surface area contributed by atoms with Crippen molar-refractivity contribution in [3.8, 4) is 0 Å². The molecule has 0 aliphatic heterocycles. The van der Waals surface area contributed by atoms with Crippen molar-refractivity contribution in [2.75, 3.05) is 0 Å². The first-order valence-electron chi connectivity index (χ1n) is 5.07. The zero-order valence-electron chi connectivity index (χ0n) is 10.4. The van der Waals surface area contributed by atoms with Crippen LogP contribution in [-0.2, 0) is 14.3 Å². The highest BCUT2D eigenvalue weighted by Crippen LogP contribution is 2.33. The molecule has 15 heavy (non-hydrogen) atoms. The molecule has 1 N–H and O–H groups in total. The molecule has 0 bridgehead atoms. The lowest BCUT2D eigenvalue weighted by molar-refractivity contribution is -0.160. The number of amides is 1. The van der Waals surface area contributed by atoms with Gasteiger partial charge in [0.25, 0.3) is 6.47 Å². The average molecular weight is 215 g/mol. The molecule has 0 saturated carbocycles. The van der Waals surface area contributed by atoms with Gasteiger partial charge in [0.1, 0.15) is 5.60 Å². The summed E-state index contributed by atoms with van der Waals surface area (Å²) in [6, 6.07) is 0.0730. The Morgan fingerprint density at radius 2 is 1.73 bits per heavy atom. The molecule has 0 fully saturated rings. The van der Waals surface area contributed by atoms with Crippen LogP contribution < -0.4 is 5.32 Å². The highest BCUT2D eigenvalue weighted by molar-refractivity contribution is 5.83. The molecule has 1 amide bonds. The van der Waals surface area contributed by atoms with Crippen LogP contribution in [0.3, 0.4) is 0 Å². The predicted molar refractivity (Wildman–Crippen MR) is 58.3 cm³/mol. The Bertz CT molecular complexity index is 244. The molecule has 0 heterocycles. The molecule has 0 spiro atoms. The second-order valence-corrected chi connectivity index (χ2v) is 4.98.